The summed E-state index contributed by atoms with van der Waals surface area (Å²) in [5.74, 6) is 0.819. The van der Waals surface area contributed by atoms with Crippen LogP contribution >= 0.6 is 0 Å². The van der Waals surface area contributed by atoms with Gasteiger partial charge in [0.25, 0.3) is 0 Å². The summed E-state index contributed by atoms with van der Waals surface area (Å²) >= 11 is 0. The molecule has 0 saturated carbocycles. The lowest BCUT2D eigenvalue weighted by atomic mass is 10.1. The molecule has 31 heavy (non-hydrogen) atoms. The van der Waals surface area contributed by atoms with Crippen LogP contribution in [0.25, 0.3) is 0 Å². The summed E-state index contributed by atoms with van der Waals surface area (Å²) in [6.07, 6.45) is 4.33. The molecule has 3 rings (SSSR count). The van der Waals surface area contributed by atoms with Gasteiger partial charge in [0, 0.05) is 32.7 Å². The summed E-state index contributed by atoms with van der Waals surface area (Å²) in [6.45, 7) is 5.52. The second kappa shape index (κ2) is 11.9. The van der Waals surface area contributed by atoms with Gasteiger partial charge in [0.15, 0.2) is 5.96 Å². The Morgan fingerprint density at radius 3 is 2.58 bits per heavy atom. The molecule has 2 aromatic carbocycles. The number of nitrogens with one attached hydrogen (secondary N) is 2. The van der Waals surface area contributed by atoms with Crippen LogP contribution in [0, 0.1) is 0 Å². The minimum atomic E-state index is 0.472. The zero-order valence-corrected chi connectivity index (χ0v) is 18.7. The molecule has 0 radical (unpaired) electrons. The van der Waals surface area contributed by atoms with Gasteiger partial charge >= 0.3 is 0 Å². The number of nitrogens with zero attached hydrogens (tertiary/aromatic N) is 5. The van der Waals surface area contributed by atoms with Crippen LogP contribution < -0.4 is 10.6 Å². The number of aliphatic imine (C=N–C) groups is 1. The normalized spacial score (nSPS) is 12.7. The van der Waals surface area contributed by atoms with Crippen LogP contribution in [-0.4, -0.2) is 52.3 Å². The Hall–Kier alpha value is -3.19. The van der Waals surface area contributed by atoms with Gasteiger partial charge in [-0.1, -0.05) is 54.6 Å². The summed E-state index contributed by atoms with van der Waals surface area (Å²) in [6, 6.07) is 19.5. The first-order valence-electron chi connectivity index (χ1n) is 10.7. The van der Waals surface area contributed by atoms with Gasteiger partial charge in [-0.05, 0) is 37.1 Å². The van der Waals surface area contributed by atoms with E-state index in [0.29, 0.717) is 12.6 Å². The Bertz CT molecular complexity index is 922. The predicted octanol–water partition coefficient (Wildman–Crippen LogP) is 2.90. The largest absolute Gasteiger partial charge is 0.356 e. The highest BCUT2D eigenvalue weighted by Gasteiger charge is 2.10. The van der Waals surface area contributed by atoms with Crippen molar-refractivity contribution in [3.05, 3.63) is 83.9 Å². The van der Waals surface area contributed by atoms with E-state index < -0.39 is 0 Å². The molecule has 0 aliphatic rings. The molecule has 0 fully saturated rings. The van der Waals surface area contributed by atoms with E-state index in [-0.39, 0.29) is 0 Å². The van der Waals surface area contributed by atoms with Gasteiger partial charge in [-0.2, -0.15) is 5.10 Å². The molecule has 1 atom stereocenters. The first-order valence-corrected chi connectivity index (χ1v) is 10.7. The number of guanidine groups is 1. The lowest BCUT2D eigenvalue weighted by Gasteiger charge is -2.25. The van der Waals surface area contributed by atoms with Crippen LogP contribution in [0.5, 0.6) is 0 Å². The van der Waals surface area contributed by atoms with Gasteiger partial charge in [0.1, 0.15) is 12.7 Å². The minimum Gasteiger partial charge on any atom is -0.356 e. The number of rotatable bonds is 10. The van der Waals surface area contributed by atoms with E-state index in [4.69, 9.17) is 0 Å². The molecule has 164 valence electrons. The molecular weight excluding hydrogens is 386 g/mol. The fraction of sp³-hybridized carbons (Fsp3) is 0.375. The molecule has 0 aliphatic carbocycles. The van der Waals surface area contributed by atoms with Gasteiger partial charge in [-0.3, -0.25) is 9.89 Å². The lowest BCUT2D eigenvalue weighted by Crippen LogP contribution is -2.39. The smallest absolute Gasteiger partial charge is 0.191 e. The minimum absolute atomic E-state index is 0.472. The average molecular weight is 420 g/mol. The molecule has 0 spiro atoms. The van der Waals surface area contributed by atoms with Crippen molar-refractivity contribution in [2.45, 2.75) is 39.0 Å². The topological polar surface area (TPSA) is 70.4 Å². The number of hydrogen-bond acceptors (Lipinski definition) is 4. The molecule has 7 heteroatoms. The van der Waals surface area contributed by atoms with Gasteiger partial charge in [0.2, 0.25) is 0 Å². The third kappa shape index (κ3) is 7.53. The van der Waals surface area contributed by atoms with Crippen LogP contribution in [0.3, 0.4) is 0 Å². The molecule has 7 nitrogen and oxygen atoms in total. The van der Waals surface area contributed by atoms with Crippen LogP contribution in [-0.2, 0) is 19.6 Å². The maximum absolute atomic E-state index is 4.35. The second-order valence-electron chi connectivity index (χ2n) is 7.80. The van der Waals surface area contributed by atoms with E-state index in [9.17, 15) is 0 Å². The van der Waals surface area contributed by atoms with Gasteiger partial charge in [-0.15, -0.1) is 0 Å². The maximum Gasteiger partial charge on any atom is 0.191 e. The van der Waals surface area contributed by atoms with E-state index in [1.165, 1.54) is 16.7 Å². The van der Waals surface area contributed by atoms with Crippen molar-refractivity contribution in [2.24, 2.45) is 4.99 Å². The fourth-order valence-electron chi connectivity index (χ4n) is 3.39. The third-order valence-electron chi connectivity index (χ3n) is 5.37. The highest BCUT2D eigenvalue weighted by atomic mass is 15.3. The van der Waals surface area contributed by atoms with Crippen molar-refractivity contribution in [1.82, 2.24) is 30.3 Å². The summed E-state index contributed by atoms with van der Waals surface area (Å²) in [4.78, 5) is 10.7. The van der Waals surface area contributed by atoms with Crippen molar-refractivity contribution in [3.8, 4) is 0 Å². The zero-order chi connectivity index (χ0) is 21.9. The first-order chi connectivity index (χ1) is 15.1. The molecule has 1 aromatic heterocycles. The molecule has 0 amide bonds. The number of hydrogen-bond donors (Lipinski definition) is 2. The summed E-state index contributed by atoms with van der Waals surface area (Å²) in [5, 5.41) is 11.0. The Morgan fingerprint density at radius 1 is 1.06 bits per heavy atom. The highest BCUT2D eigenvalue weighted by Crippen LogP contribution is 2.08. The molecular formula is C24H33N7. The summed E-state index contributed by atoms with van der Waals surface area (Å²) < 4.78 is 1.82. The van der Waals surface area contributed by atoms with E-state index >= 15 is 0 Å². The maximum atomic E-state index is 4.35. The SMILES string of the molecule is CN=C(NCCC(C)N(C)Cc1ccccc1)NCc1cccc(Cn2cncn2)c1. The Morgan fingerprint density at radius 2 is 1.84 bits per heavy atom. The van der Waals surface area contributed by atoms with Crippen LogP contribution in [0.4, 0.5) is 0 Å². The lowest BCUT2D eigenvalue weighted by molar-refractivity contribution is 0.238. The van der Waals surface area contributed by atoms with E-state index in [2.05, 4.69) is 99.2 Å². The molecule has 0 aliphatic heterocycles. The molecule has 1 heterocycles. The molecule has 0 bridgehead atoms. The van der Waals surface area contributed by atoms with Crippen LogP contribution in [0.15, 0.2) is 72.2 Å². The number of benzene rings is 2. The third-order valence-corrected chi connectivity index (χ3v) is 5.37. The van der Waals surface area contributed by atoms with Crippen molar-refractivity contribution < 1.29 is 0 Å². The highest BCUT2D eigenvalue weighted by molar-refractivity contribution is 5.79. The van der Waals surface area contributed by atoms with Crippen molar-refractivity contribution >= 4 is 5.96 Å². The van der Waals surface area contributed by atoms with Crippen molar-refractivity contribution in [2.75, 3.05) is 20.6 Å². The van der Waals surface area contributed by atoms with Gasteiger partial charge in [0.05, 0.1) is 6.54 Å². The second-order valence-corrected chi connectivity index (χ2v) is 7.80. The van der Waals surface area contributed by atoms with Crippen LogP contribution in [0.2, 0.25) is 0 Å². The molecule has 3 aromatic rings. The summed E-state index contributed by atoms with van der Waals surface area (Å²) in [7, 11) is 3.98. The van der Waals surface area contributed by atoms with Crippen molar-refractivity contribution in [3.63, 3.8) is 0 Å². The number of aromatic nitrogens is 3. The van der Waals surface area contributed by atoms with E-state index in [1.54, 1.807) is 19.7 Å². The summed E-state index contributed by atoms with van der Waals surface area (Å²) in [5.41, 5.74) is 3.74. The van der Waals surface area contributed by atoms with Crippen molar-refractivity contribution in [1.29, 1.82) is 0 Å². The predicted molar refractivity (Wildman–Crippen MR) is 126 cm³/mol. The van der Waals surface area contributed by atoms with E-state index in [1.807, 2.05) is 4.68 Å². The Labute approximate surface area is 185 Å². The standard InChI is InChI=1S/C24H33N7/c1-20(30(3)16-21-8-5-4-6-9-21)12-13-27-24(25-2)28-15-22-10-7-11-23(14-22)17-31-19-26-18-29-31/h4-11,14,18-20H,12-13,15-17H2,1-3H3,(H2,25,27,28). The Kier molecular flexibility index (Phi) is 8.60. The average Bonchev–Trinajstić information content (AvgIpc) is 3.30. The fourth-order valence-corrected chi connectivity index (χ4v) is 3.39. The molecule has 0 saturated heterocycles. The van der Waals surface area contributed by atoms with Gasteiger partial charge in [-0.25, -0.2) is 9.67 Å². The van der Waals surface area contributed by atoms with Crippen LogP contribution in [0.1, 0.15) is 30.0 Å². The molecule has 1 unspecified atom stereocenters. The van der Waals surface area contributed by atoms with Gasteiger partial charge < -0.3 is 10.6 Å². The van der Waals surface area contributed by atoms with E-state index in [0.717, 1.165) is 32.0 Å². The zero-order valence-electron chi connectivity index (χ0n) is 18.7. The quantitative estimate of drug-likeness (QED) is 0.391. The molecule has 2 N–H and O–H groups in total. The Balaban J connectivity index is 1.40. The first kappa shape index (κ1) is 22.5. The monoisotopic (exact) mass is 419 g/mol.